The first-order chi connectivity index (χ1) is 6.13. The number of halogens is 2. The zero-order valence-electron chi connectivity index (χ0n) is 6.76. The van der Waals surface area contributed by atoms with Crippen LogP contribution in [0.2, 0.25) is 5.02 Å². The molecule has 2 rings (SSSR count). The van der Waals surface area contributed by atoms with Gasteiger partial charge in [0.25, 0.3) is 0 Å². The molecule has 0 amide bonds. The molecule has 1 saturated heterocycles. The zero-order chi connectivity index (χ0) is 9.47. The molecule has 0 unspecified atom stereocenters. The Hall–Kier alpha value is -0.640. The third-order valence-corrected chi connectivity index (χ3v) is 2.43. The molecule has 1 aliphatic rings. The van der Waals surface area contributed by atoms with Crippen LogP contribution in [0.15, 0.2) is 18.2 Å². The van der Waals surface area contributed by atoms with Gasteiger partial charge in [0, 0.05) is 5.56 Å². The quantitative estimate of drug-likeness (QED) is 0.751. The predicted octanol–water partition coefficient (Wildman–Crippen LogP) is 1.70. The monoisotopic (exact) mass is 202 g/mol. The molecule has 1 aliphatic heterocycles. The Bertz CT molecular complexity index is 336. The van der Waals surface area contributed by atoms with Crippen LogP contribution in [0.3, 0.4) is 0 Å². The molecule has 0 atom stereocenters. The molecular formula is C9H8ClFO2. The summed E-state index contributed by atoms with van der Waals surface area (Å²) in [6.07, 6.45) is 0. The van der Waals surface area contributed by atoms with Crippen LogP contribution in [0.5, 0.6) is 0 Å². The minimum atomic E-state index is -1.19. The molecule has 13 heavy (non-hydrogen) atoms. The van der Waals surface area contributed by atoms with Crippen molar-refractivity contribution in [1.82, 2.24) is 0 Å². The predicted molar refractivity (Wildman–Crippen MR) is 46.1 cm³/mol. The molecule has 0 spiro atoms. The SMILES string of the molecule is OC1(c2cccc(Cl)c2F)COC1. The summed E-state index contributed by atoms with van der Waals surface area (Å²) in [7, 11) is 0. The average molecular weight is 203 g/mol. The molecule has 0 saturated carbocycles. The second kappa shape index (κ2) is 2.94. The lowest BCUT2D eigenvalue weighted by molar-refractivity contribution is -0.186. The summed E-state index contributed by atoms with van der Waals surface area (Å²) < 4.78 is 18.2. The lowest BCUT2D eigenvalue weighted by atomic mass is 9.92. The van der Waals surface area contributed by atoms with Crippen LogP contribution in [-0.2, 0) is 10.3 Å². The van der Waals surface area contributed by atoms with E-state index in [2.05, 4.69) is 0 Å². The van der Waals surface area contributed by atoms with Gasteiger partial charge in [-0.25, -0.2) is 4.39 Å². The van der Waals surface area contributed by atoms with Crippen LogP contribution in [0.25, 0.3) is 0 Å². The average Bonchev–Trinajstić information content (AvgIpc) is 2.06. The van der Waals surface area contributed by atoms with E-state index in [-0.39, 0.29) is 23.8 Å². The normalized spacial score (nSPS) is 19.6. The largest absolute Gasteiger partial charge is 0.380 e. The van der Waals surface area contributed by atoms with Gasteiger partial charge in [-0.3, -0.25) is 0 Å². The van der Waals surface area contributed by atoms with E-state index in [1.807, 2.05) is 0 Å². The van der Waals surface area contributed by atoms with Gasteiger partial charge in [-0.1, -0.05) is 23.7 Å². The number of hydrogen-bond acceptors (Lipinski definition) is 2. The van der Waals surface area contributed by atoms with Crippen molar-refractivity contribution < 1.29 is 14.2 Å². The molecule has 1 fully saturated rings. The fourth-order valence-electron chi connectivity index (χ4n) is 1.31. The van der Waals surface area contributed by atoms with E-state index in [4.69, 9.17) is 16.3 Å². The fraction of sp³-hybridized carbons (Fsp3) is 0.333. The third kappa shape index (κ3) is 1.33. The molecule has 0 aliphatic carbocycles. The summed E-state index contributed by atoms with van der Waals surface area (Å²) >= 11 is 5.57. The molecule has 70 valence electrons. The summed E-state index contributed by atoms with van der Waals surface area (Å²) in [5, 5.41) is 9.79. The van der Waals surface area contributed by atoms with Crippen molar-refractivity contribution in [2.75, 3.05) is 13.2 Å². The van der Waals surface area contributed by atoms with Crippen molar-refractivity contribution in [3.05, 3.63) is 34.6 Å². The van der Waals surface area contributed by atoms with Gasteiger partial charge in [-0.15, -0.1) is 0 Å². The highest BCUT2D eigenvalue weighted by Gasteiger charge is 2.40. The van der Waals surface area contributed by atoms with E-state index >= 15 is 0 Å². The highest BCUT2D eigenvalue weighted by molar-refractivity contribution is 6.30. The van der Waals surface area contributed by atoms with Crippen LogP contribution in [0.1, 0.15) is 5.56 Å². The minimum absolute atomic E-state index is 0.0258. The minimum Gasteiger partial charge on any atom is -0.380 e. The molecule has 0 aromatic heterocycles. The molecule has 0 radical (unpaired) electrons. The number of aliphatic hydroxyl groups is 1. The number of benzene rings is 1. The van der Waals surface area contributed by atoms with Gasteiger partial charge in [0.2, 0.25) is 0 Å². The first-order valence-electron chi connectivity index (χ1n) is 3.88. The Kier molecular flexibility index (Phi) is 2.02. The molecule has 2 nitrogen and oxygen atoms in total. The smallest absolute Gasteiger partial charge is 0.148 e. The lowest BCUT2D eigenvalue weighted by Gasteiger charge is -2.36. The van der Waals surface area contributed by atoms with Crippen LogP contribution < -0.4 is 0 Å². The number of hydrogen-bond donors (Lipinski definition) is 1. The molecule has 1 aromatic carbocycles. The highest BCUT2D eigenvalue weighted by Crippen LogP contribution is 2.33. The van der Waals surface area contributed by atoms with Gasteiger partial charge in [0.15, 0.2) is 0 Å². The standard InChI is InChI=1S/C9H8ClFO2/c10-7-3-1-2-6(8(7)11)9(12)4-13-5-9/h1-3,12H,4-5H2. The summed E-state index contributed by atoms with van der Waals surface area (Å²) in [6.45, 7) is 0.258. The Balaban J connectivity index is 2.45. The highest BCUT2D eigenvalue weighted by atomic mass is 35.5. The van der Waals surface area contributed by atoms with Gasteiger partial charge < -0.3 is 9.84 Å². The molecule has 4 heteroatoms. The second-order valence-corrected chi connectivity index (χ2v) is 3.53. The fourth-order valence-corrected chi connectivity index (χ4v) is 1.49. The molecule has 1 heterocycles. The summed E-state index contributed by atoms with van der Waals surface area (Å²) in [4.78, 5) is 0. The van der Waals surface area contributed by atoms with Crippen LogP contribution in [0.4, 0.5) is 4.39 Å². The van der Waals surface area contributed by atoms with Gasteiger partial charge >= 0.3 is 0 Å². The van der Waals surface area contributed by atoms with Crippen molar-refractivity contribution in [1.29, 1.82) is 0 Å². The Labute approximate surface area is 79.9 Å². The van der Waals surface area contributed by atoms with Crippen molar-refractivity contribution in [2.24, 2.45) is 0 Å². The van der Waals surface area contributed by atoms with Crippen molar-refractivity contribution in [2.45, 2.75) is 5.60 Å². The van der Waals surface area contributed by atoms with Gasteiger partial charge in [0.05, 0.1) is 18.2 Å². The van der Waals surface area contributed by atoms with Gasteiger partial charge in [-0.2, -0.15) is 0 Å². The Morgan fingerprint density at radius 2 is 2.15 bits per heavy atom. The molecular weight excluding hydrogens is 195 g/mol. The number of ether oxygens (including phenoxy) is 1. The van der Waals surface area contributed by atoms with E-state index < -0.39 is 11.4 Å². The van der Waals surface area contributed by atoms with Gasteiger partial charge in [0.1, 0.15) is 11.4 Å². The van der Waals surface area contributed by atoms with E-state index in [0.717, 1.165) is 0 Å². The zero-order valence-corrected chi connectivity index (χ0v) is 7.51. The lowest BCUT2D eigenvalue weighted by Crippen LogP contribution is -2.47. The first kappa shape index (κ1) is 8.94. The summed E-state index contributed by atoms with van der Waals surface area (Å²) in [6, 6.07) is 4.57. The van der Waals surface area contributed by atoms with E-state index in [1.54, 1.807) is 6.07 Å². The third-order valence-electron chi connectivity index (χ3n) is 2.13. The Morgan fingerprint density at radius 1 is 1.46 bits per heavy atom. The summed E-state index contributed by atoms with van der Waals surface area (Å²) in [5.41, 5.74) is -0.971. The van der Waals surface area contributed by atoms with E-state index in [0.29, 0.717) is 0 Å². The maximum atomic E-state index is 13.4. The summed E-state index contributed by atoms with van der Waals surface area (Å²) in [5.74, 6) is -0.560. The van der Waals surface area contributed by atoms with Gasteiger partial charge in [-0.05, 0) is 6.07 Å². The van der Waals surface area contributed by atoms with E-state index in [1.165, 1.54) is 12.1 Å². The number of rotatable bonds is 1. The molecule has 1 aromatic rings. The van der Waals surface area contributed by atoms with Crippen molar-refractivity contribution >= 4 is 11.6 Å². The van der Waals surface area contributed by atoms with Crippen LogP contribution in [-0.4, -0.2) is 18.3 Å². The maximum absolute atomic E-state index is 13.4. The van der Waals surface area contributed by atoms with E-state index in [9.17, 15) is 9.50 Å². The van der Waals surface area contributed by atoms with Crippen molar-refractivity contribution in [3.63, 3.8) is 0 Å². The topological polar surface area (TPSA) is 29.5 Å². The second-order valence-electron chi connectivity index (χ2n) is 3.13. The van der Waals surface area contributed by atoms with Crippen LogP contribution >= 0.6 is 11.6 Å². The van der Waals surface area contributed by atoms with Crippen molar-refractivity contribution in [3.8, 4) is 0 Å². The maximum Gasteiger partial charge on any atom is 0.148 e. The first-order valence-corrected chi connectivity index (χ1v) is 4.26. The molecule has 1 N–H and O–H groups in total. The Morgan fingerprint density at radius 3 is 2.69 bits per heavy atom. The molecule has 0 bridgehead atoms. The van der Waals surface area contributed by atoms with Crippen LogP contribution in [0, 0.1) is 5.82 Å².